The lowest BCUT2D eigenvalue weighted by Crippen LogP contribution is -2.59. The van der Waals surface area contributed by atoms with Crippen molar-refractivity contribution in [2.45, 2.75) is 52.0 Å². The molecule has 2 N–H and O–H groups in total. The summed E-state index contributed by atoms with van der Waals surface area (Å²) in [5, 5.41) is 13.4. The monoisotopic (exact) mass is 243 g/mol. The molecule has 0 aromatic carbocycles. The zero-order chi connectivity index (χ0) is 12.9. The van der Waals surface area contributed by atoms with Gasteiger partial charge in [-0.05, 0) is 24.2 Å². The minimum Gasteiger partial charge on any atom is -0.394 e. The summed E-state index contributed by atoms with van der Waals surface area (Å²) < 4.78 is 5.10. The summed E-state index contributed by atoms with van der Waals surface area (Å²) in [7, 11) is 1.72. The van der Waals surface area contributed by atoms with Crippen molar-refractivity contribution in [3.05, 3.63) is 0 Å². The molecule has 3 heteroatoms. The zero-order valence-corrected chi connectivity index (χ0v) is 11.9. The molecule has 2 unspecified atom stereocenters. The van der Waals surface area contributed by atoms with Gasteiger partial charge in [-0.25, -0.2) is 0 Å². The molecule has 0 heterocycles. The summed E-state index contributed by atoms with van der Waals surface area (Å²) >= 11 is 0. The SMILES string of the molecule is COCCNC1(CO)CCCCC1C(C)(C)C. The molecule has 0 spiro atoms. The van der Waals surface area contributed by atoms with E-state index in [1.165, 1.54) is 19.3 Å². The molecule has 3 nitrogen and oxygen atoms in total. The van der Waals surface area contributed by atoms with Crippen LogP contribution in [0.15, 0.2) is 0 Å². The van der Waals surface area contributed by atoms with Crippen molar-refractivity contribution in [1.82, 2.24) is 5.32 Å². The molecule has 1 saturated carbocycles. The van der Waals surface area contributed by atoms with Crippen molar-refractivity contribution in [2.75, 3.05) is 26.9 Å². The van der Waals surface area contributed by atoms with Crippen LogP contribution in [-0.2, 0) is 4.74 Å². The van der Waals surface area contributed by atoms with E-state index in [0.717, 1.165) is 13.0 Å². The van der Waals surface area contributed by atoms with Crippen molar-refractivity contribution < 1.29 is 9.84 Å². The van der Waals surface area contributed by atoms with E-state index in [1.807, 2.05) is 0 Å². The van der Waals surface area contributed by atoms with Crippen LogP contribution in [0.3, 0.4) is 0 Å². The first-order valence-electron chi connectivity index (χ1n) is 6.81. The van der Waals surface area contributed by atoms with Crippen molar-refractivity contribution >= 4 is 0 Å². The standard InChI is InChI=1S/C14H29NO2/c1-13(2,3)12-7-5-6-8-14(12,11-16)15-9-10-17-4/h12,15-16H,5-11H2,1-4H3. The fourth-order valence-corrected chi connectivity index (χ4v) is 3.36. The van der Waals surface area contributed by atoms with Crippen LogP contribution in [0, 0.1) is 11.3 Å². The topological polar surface area (TPSA) is 41.5 Å². The van der Waals surface area contributed by atoms with E-state index in [-0.39, 0.29) is 17.6 Å². The lowest BCUT2D eigenvalue weighted by Gasteiger charge is -2.50. The first-order chi connectivity index (χ1) is 7.96. The van der Waals surface area contributed by atoms with Crippen LogP contribution in [0.1, 0.15) is 46.5 Å². The lowest BCUT2D eigenvalue weighted by molar-refractivity contribution is 0.00413. The van der Waals surface area contributed by atoms with Gasteiger partial charge < -0.3 is 15.2 Å². The number of hydrogen-bond acceptors (Lipinski definition) is 3. The van der Waals surface area contributed by atoms with E-state index in [0.29, 0.717) is 12.5 Å². The molecular formula is C14H29NO2. The first kappa shape index (κ1) is 14.9. The second-order valence-electron chi connectivity index (χ2n) is 6.40. The second kappa shape index (κ2) is 6.17. The van der Waals surface area contributed by atoms with Gasteiger partial charge in [0.2, 0.25) is 0 Å². The van der Waals surface area contributed by atoms with Gasteiger partial charge in [0.15, 0.2) is 0 Å². The summed E-state index contributed by atoms with van der Waals surface area (Å²) in [4.78, 5) is 0. The predicted octanol–water partition coefficient (Wildman–Crippen LogP) is 2.19. The van der Waals surface area contributed by atoms with E-state index in [1.54, 1.807) is 7.11 Å². The van der Waals surface area contributed by atoms with Gasteiger partial charge in [0.05, 0.1) is 13.2 Å². The van der Waals surface area contributed by atoms with E-state index in [2.05, 4.69) is 26.1 Å². The summed E-state index contributed by atoms with van der Waals surface area (Å²) in [6.45, 7) is 8.61. The highest BCUT2D eigenvalue weighted by atomic mass is 16.5. The van der Waals surface area contributed by atoms with Gasteiger partial charge in [0, 0.05) is 19.2 Å². The second-order valence-corrected chi connectivity index (χ2v) is 6.40. The molecule has 0 bridgehead atoms. The van der Waals surface area contributed by atoms with Gasteiger partial charge in [-0.2, -0.15) is 0 Å². The highest BCUT2D eigenvalue weighted by molar-refractivity contribution is 5.01. The predicted molar refractivity (Wildman–Crippen MR) is 71.1 cm³/mol. The third-order valence-electron chi connectivity index (χ3n) is 4.14. The van der Waals surface area contributed by atoms with Crippen molar-refractivity contribution in [1.29, 1.82) is 0 Å². The highest BCUT2D eigenvalue weighted by Crippen LogP contribution is 2.44. The Kier molecular flexibility index (Phi) is 5.42. The maximum Gasteiger partial charge on any atom is 0.0616 e. The Morgan fingerprint density at radius 3 is 2.59 bits per heavy atom. The molecule has 0 radical (unpaired) electrons. The summed E-state index contributed by atoms with van der Waals surface area (Å²) in [5.41, 5.74) is 0.137. The van der Waals surface area contributed by atoms with Gasteiger partial charge in [-0.15, -0.1) is 0 Å². The summed E-state index contributed by atoms with van der Waals surface area (Å²) in [6.07, 6.45) is 4.79. The van der Waals surface area contributed by atoms with E-state index < -0.39 is 0 Å². The van der Waals surface area contributed by atoms with Crippen LogP contribution in [-0.4, -0.2) is 37.5 Å². The van der Waals surface area contributed by atoms with Crippen LogP contribution in [0.25, 0.3) is 0 Å². The minimum absolute atomic E-state index is 0.102. The maximum absolute atomic E-state index is 9.87. The molecule has 102 valence electrons. The molecule has 1 rings (SSSR count). The van der Waals surface area contributed by atoms with Gasteiger partial charge in [0.1, 0.15) is 0 Å². The average Bonchev–Trinajstić information content (AvgIpc) is 2.28. The molecule has 0 saturated heterocycles. The molecule has 1 aliphatic rings. The number of nitrogens with one attached hydrogen (secondary N) is 1. The highest BCUT2D eigenvalue weighted by Gasteiger charge is 2.45. The van der Waals surface area contributed by atoms with Gasteiger partial charge in [-0.1, -0.05) is 33.6 Å². The third-order valence-corrected chi connectivity index (χ3v) is 4.14. The van der Waals surface area contributed by atoms with Crippen molar-refractivity contribution in [3.8, 4) is 0 Å². The van der Waals surface area contributed by atoms with Crippen LogP contribution >= 0.6 is 0 Å². The molecule has 0 aromatic rings. The number of hydrogen-bond donors (Lipinski definition) is 2. The van der Waals surface area contributed by atoms with Gasteiger partial charge in [0.25, 0.3) is 0 Å². The number of aliphatic hydroxyl groups is 1. The molecular weight excluding hydrogens is 214 g/mol. The molecule has 1 aliphatic carbocycles. The Morgan fingerprint density at radius 2 is 2.06 bits per heavy atom. The quantitative estimate of drug-likeness (QED) is 0.727. The van der Waals surface area contributed by atoms with E-state index in [4.69, 9.17) is 4.74 Å². The fraction of sp³-hybridized carbons (Fsp3) is 1.00. The number of aliphatic hydroxyl groups excluding tert-OH is 1. The van der Waals surface area contributed by atoms with Gasteiger partial charge >= 0.3 is 0 Å². The van der Waals surface area contributed by atoms with Gasteiger partial charge in [-0.3, -0.25) is 0 Å². The summed E-state index contributed by atoms with van der Waals surface area (Å²) in [5.74, 6) is 0.533. The molecule has 2 atom stereocenters. The van der Waals surface area contributed by atoms with Crippen molar-refractivity contribution in [2.24, 2.45) is 11.3 Å². The van der Waals surface area contributed by atoms with Crippen molar-refractivity contribution in [3.63, 3.8) is 0 Å². The maximum atomic E-state index is 9.87. The Labute approximate surface area is 106 Å². The van der Waals surface area contributed by atoms with Crippen LogP contribution < -0.4 is 5.32 Å². The molecule has 1 fully saturated rings. The largest absolute Gasteiger partial charge is 0.394 e. The smallest absolute Gasteiger partial charge is 0.0616 e. The van der Waals surface area contributed by atoms with Crippen LogP contribution in [0.4, 0.5) is 0 Å². The van der Waals surface area contributed by atoms with E-state index in [9.17, 15) is 5.11 Å². The van der Waals surface area contributed by atoms with Crippen LogP contribution in [0.2, 0.25) is 0 Å². The Hall–Kier alpha value is -0.120. The fourth-order valence-electron chi connectivity index (χ4n) is 3.36. The molecule has 0 amide bonds. The van der Waals surface area contributed by atoms with Crippen LogP contribution in [0.5, 0.6) is 0 Å². The normalized spacial score (nSPS) is 30.5. The number of methoxy groups -OCH3 is 1. The Balaban J connectivity index is 2.76. The van der Waals surface area contributed by atoms with E-state index >= 15 is 0 Å². The molecule has 17 heavy (non-hydrogen) atoms. The lowest BCUT2D eigenvalue weighted by atomic mass is 9.62. The Bertz CT molecular complexity index is 225. The number of ether oxygens (including phenoxy) is 1. The number of rotatable bonds is 5. The summed E-state index contributed by atoms with van der Waals surface area (Å²) in [6, 6.07) is 0. The Morgan fingerprint density at radius 1 is 1.35 bits per heavy atom. The minimum atomic E-state index is -0.102. The zero-order valence-electron chi connectivity index (χ0n) is 11.9. The first-order valence-corrected chi connectivity index (χ1v) is 6.81. The third kappa shape index (κ3) is 3.67. The molecule has 0 aromatic heterocycles. The molecule has 0 aliphatic heterocycles. The average molecular weight is 243 g/mol.